The fraction of sp³-hybridized carbons (Fsp3) is 0.690. The molecule has 0 radical (unpaired) electrons. The fourth-order valence-corrected chi connectivity index (χ4v) is 2.65. The highest BCUT2D eigenvalue weighted by Gasteiger charge is 2.34. The highest BCUT2D eigenvalue weighted by Crippen LogP contribution is 2.27. The highest BCUT2D eigenvalue weighted by molar-refractivity contribution is 5.89. The van der Waals surface area contributed by atoms with E-state index in [0.717, 1.165) is 16.7 Å². The van der Waals surface area contributed by atoms with Gasteiger partial charge in [0.25, 0.3) is 0 Å². The maximum absolute atomic E-state index is 12.5. The largest absolute Gasteiger partial charge is 0.462 e. The average Bonchev–Trinajstić information content (AvgIpc) is 2.81. The lowest BCUT2D eigenvalue weighted by Gasteiger charge is -2.33. The molecule has 0 aliphatic rings. The highest BCUT2D eigenvalue weighted by atomic mass is 16.6. The van der Waals surface area contributed by atoms with Gasteiger partial charge in [-0.1, -0.05) is 37.5 Å². The van der Waals surface area contributed by atoms with E-state index in [1.54, 1.807) is 20.8 Å². The fourth-order valence-electron chi connectivity index (χ4n) is 2.65. The van der Waals surface area contributed by atoms with Crippen LogP contribution < -0.4 is 0 Å². The van der Waals surface area contributed by atoms with E-state index in [9.17, 15) is 14.4 Å². The van der Waals surface area contributed by atoms with Gasteiger partial charge in [-0.25, -0.2) is 14.4 Å². The summed E-state index contributed by atoms with van der Waals surface area (Å²) in [6.45, 7) is 23.0. The first-order chi connectivity index (χ1) is 16.5. The molecule has 0 spiro atoms. The first kappa shape index (κ1) is 33.6. The van der Waals surface area contributed by atoms with Crippen molar-refractivity contribution in [2.45, 2.75) is 89.5 Å². The molecule has 0 unspecified atom stereocenters. The minimum Gasteiger partial charge on any atom is -0.462 e. The van der Waals surface area contributed by atoms with E-state index < -0.39 is 22.8 Å². The molecule has 0 heterocycles. The van der Waals surface area contributed by atoms with Gasteiger partial charge in [-0.3, -0.25) is 0 Å². The summed E-state index contributed by atoms with van der Waals surface area (Å²) in [5.74, 6) is -1.14. The van der Waals surface area contributed by atoms with Gasteiger partial charge in [0.1, 0.15) is 13.2 Å². The molecule has 206 valence electrons. The van der Waals surface area contributed by atoms with Crippen LogP contribution in [0, 0.1) is 10.8 Å². The zero-order valence-electron chi connectivity index (χ0n) is 24.6. The zero-order chi connectivity index (χ0) is 28.3. The molecule has 0 aliphatic heterocycles. The molecule has 0 atom stereocenters. The van der Waals surface area contributed by atoms with Gasteiger partial charge in [-0.05, 0) is 68.7 Å². The molecule has 0 saturated heterocycles. The van der Waals surface area contributed by atoms with E-state index in [4.69, 9.17) is 18.9 Å². The second-order valence-electron chi connectivity index (χ2n) is 11.1. The molecule has 0 N–H and O–H groups in total. The standard InChI is InChI=1S/C29H48O7/c1-13-29(17-35-26(31)23(9)20(4)5,18-36-27(32)24(10)21(6)7)16-33-14-28(11,12)15-34-25(30)22(8)19(2)3/h13-18H2,1-12H3. The van der Waals surface area contributed by atoms with Crippen molar-refractivity contribution in [1.82, 2.24) is 0 Å². The molecule has 0 aromatic carbocycles. The zero-order valence-corrected chi connectivity index (χ0v) is 24.6. The van der Waals surface area contributed by atoms with Crippen LogP contribution in [0.5, 0.6) is 0 Å². The van der Waals surface area contributed by atoms with Gasteiger partial charge in [0.2, 0.25) is 0 Å². The van der Waals surface area contributed by atoms with E-state index in [1.165, 1.54) is 0 Å². The second-order valence-corrected chi connectivity index (χ2v) is 11.1. The van der Waals surface area contributed by atoms with Crippen LogP contribution in [0.4, 0.5) is 0 Å². The maximum atomic E-state index is 12.5. The van der Waals surface area contributed by atoms with Crippen LogP contribution >= 0.6 is 0 Å². The number of hydrogen-bond acceptors (Lipinski definition) is 7. The predicted octanol–water partition coefficient (Wildman–Crippen LogP) is 6.12. The van der Waals surface area contributed by atoms with Crippen LogP contribution in [0.25, 0.3) is 0 Å². The van der Waals surface area contributed by atoms with Gasteiger partial charge in [0, 0.05) is 22.1 Å². The van der Waals surface area contributed by atoms with Gasteiger partial charge < -0.3 is 18.9 Å². The van der Waals surface area contributed by atoms with E-state index in [2.05, 4.69) is 0 Å². The van der Waals surface area contributed by atoms with Crippen molar-refractivity contribution in [3.63, 3.8) is 0 Å². The quantitative estimate of drug-likeness (QED) is 0.159. The summed E-state index contributed by atoms with van der Waals surface area (Å²) >= 11 is 0. The Morgan fingerprint density at radius 3 is 1.17 bits per heavy atom. The molecule has 0 aliphatic carbocycles. The Labute approximate surface area is 218 Å². The molecule has 0 aromatic rings. The molecule has 0 aromatic heterocycles. The van der Waals surface area contributed by atoms with Gasteiger partial charge in [-0.2, -0.15) is 0 Å². The molecular formula is C29H48O7. The first-order valence-electron chi connectivity index (χ1n) is 12.5. The predicted molar refractivity (Wildman–Crippen MR) is 142 cm³/mol. The first-order valence-corrected chi connectivity index (χ1v) is 12.5. The van der Waals surface area contributed by atoms with E-state index in [0.29, 0.717) is 29.7 Å². The molecular weight excluding hydrogens is 460 g/mol. The molecule has 36 heavy (non-hydrogen) atoms. The number of hydrogen-bond donors (Lipinski definition) is 0. The Morgan fingerprint density at radius 2 is 0.861 bits per heavy atom. The van der Waals surface area contributed by atoms with Gasteiger partial charge in [0.15, 0.2) is 0 Å². The minimum atomic E-state index is -0.722. The number of esters is 3. The SMILES string of the molecule is CCC(COCC(C)(C)COC(=O)C(C)=C(C)C)(COC(=O)C(C)=C(C)C)COC(=O)C(C)=C(C)C. The monoisotopic (exact) mass is 508 g/mol. The molecule has 0 bridgehead atoms. The Hall–Kier alpha value is -2.41. The lowest BCUT2D eigenvalue weighted by Crippen LogP contribution is -2.40. The number of allylic oxidation sites excluding steroid dienone is 3. The topological polar surface area (TPSA) is 88.1 Å². The summed E-state index contributed by atoms with van der Waals surface area (Å²) in [7, 11) is 0. The molecule has 0 fully saturated rings. The minimum absolute atomic E-state index is 0.0449. The van der Waals surface area contributed by atoms with Crippen molar-refractivity contribution in [2.75, 3.05) is 33.0 Å². The summed E-state index contributed by atoms with van der Waals surface area (Å²) in [5.41, 5.74) is 3.20. The van der Waals surface area contributed by atoms with Crippen molar-refractivity contribution >= 4 is 17.9 Å². The van der Waals surface area contributed by atoms with Crippen LogP contribution in [0.15, 0.2) is 33.4 Å². The Balaban J connectivity index is 5.45. The van der Waals surface area contributed by atoms with Crippen molar-refractivity contribution in [2.24, 2.45) is 10.8 Å². The molecule has 7 nitrogen and oxygen atoms in total. The smallest absolute Gasteiger partial charge is 0.333 e. The van der Waals surface area contributed by atoms with Gasteiger partial charge in [0.05, 0.1) is 25.2 Å². The van der Waals surface area contributed by atoms with Crippen molar-refractivity contribution < 1.29 is 33.3 Å². The van der Waals surface area contributed by atoms with Crippen molar-refractivity contribution in [1.29, 1.82) is 0 Å². The van der Waals surface area contributed by atoms with E-state index >= 15 is 0 Å². The van der Waals surface area contributed by atoms with Crippen molar-refractivity contribution in [3.05, 3.63) is 33.4 Å². The molecule has 0 rings (SSSR count). The lowest BCUT2D eigenvalue weighted by molar-refractivity contribution is -0.154. The number of ether oxygens (including phenoxy) is 4. The van der Waals surface area contributed by atoms with Gasteiger partial charge >= 0.3 is 17.9 Å². The van der Waals surface area contributed by atoms with E-state index in [-0.39, 0.29) is 32.4 Å². The van der Waals surface area contributed by atoms with Crippen LogP contribution in [-0.2, 0) is 33.3 Å². The van der Waals surface area contributed by atoms with Crippen LogP contribution in [0.1, 0.15) is 89.5 Å². The molecule has 0 saturated carbocycles. The number of carbonyl (C=O) groups excluding carboxylic acids is 3. The van der Waals surface area contributed by atoms with Crippen LogP contribution in [-0.4, -0.2) is 50.9 Å². The van der Waals surface area contributed by atoms with E-state index in [1.807, 2.05) is 62.3 Å². The third-order valence-corrected chi connectivity index (χ3v) is 6.43. The Bertz CT molecular complexity index is 835. The summed E-state index contributed by atoms with van der Waals surface area (Å²) in [4.78, 5) is 37.1. The second kappa shape index (κ2) is 15.0. The van der Waals surface area contributed by atoms with Crippen LogP contribution in [0.3, 0.4) is 0 Å². The van der Waals surface area contributed by atoms with Gasteiger partial charge in [-0.15, -0.1) is 0 Å². The third-order valence-electron chi connectivity index (χ3n) is 6.43. The normalized spacial score (nSPS) is 11.3. The summed E-state index contributed by atoms with van der Waals surface area (Å²) in [5, 5.41) is 0. The summed E-state index contributed by atoms with van der Waals surface area (Å²) < 4.78 is 22.8. The third kappa shape index (κ3) is 11.5. The summed E-state index contributed by atoms with van der Waals surface area (Å²) in [6.07, 6.45) is 0.560. The van der Waals surface area contributed by atoms with Crippen molar-refractivity contribution in [3.8, 4) is 0 Å². The molecule has 7 heteroatoms. The average molecular weight is 509 g/mol. The summed E-state index contributed by atoms with van der Waals surface area (Å²) in [6, 6.07) is 0. The Morgan fingerprint density at radius 1 is 0.528 bits per heavy atom. The van der Waals surface area contributed by atoms with Crippen LogP contribution in [0.2, 0.25) is 0 Å². The number of rotatable bonds is 14. The molecule has 0 amide bonds. The number of carbonyl (C=O) groups is 3. The maximum Gasteiger partial charge on any atom is 0.333 e. The Kier molecular flexibility index (Phi) is 14.0. The lowest BCUT2D eigenvalue weighted by atomic mass is 9.87.